The Morgan fingerprint density at radius 1 is 0.867 bits per heavy atom. The number of benzene rings is 2. The van der Waals surface area contributed by atoms with Crippen LogP contribution in [0.2, 0.25) is 0 Å². The molecule has 1 saturated heterocycles. The average molecular weight is 396 g/mol. The van der Waals surface area contributed by atoms with Gasteiger partial charge < -0.3 is 9.88 Å². The number of Topliss-reactive ketones (excluding diaryl/α,β-unsaturated/α-hetero) is 1. The molecule has 1 aliphatic heterocycles. The van der Waals surface area contributed by atoms with Gasteiger partial charge in [-0.05, 0) is 23.8 Å². The van der Waals surface area contributed by atoms with Gasteiger partial charge in [-0.25, -0.2) is 4.98 Å². The summed E-state index contributed by atoms with van der Waals surface area (Å²) >= 11 is 0. The largest absolute Gasteiger partial charge is 0.360 e. The van der Waals surface area contributed by atoms with E-state index in [1.807, 2.05) is 73.1 Å². The number of anilines is 1. The predicted molar refractivity (Wildman–Crippen MR) is 120 cm³/mol. The van der Waals surface area contributed by atoms with Crippen LogP contribution in [-0.2, 0) is 0 Å². The quantitative estimate of drug-likeness (QED) is 0.511. The number of hydrogen-bond donors (Lipinski definition) is 1. The zero-order valence-electron chi connectivity index (χ0n) is 16.7. The Morgan fingerprint density at radius 2 is 1.60 bits per heavy atom. The van der Waals surface area contributed by atoms with E-state index < -0.39 is 0 Å². The van der Waals surface area contributed by atoms with Crippen molar-refractivity contribution in [2.75, 3.05) is 31.1 Å². The molecule has 1 N–H and O–H groups in total. The summed E-state index contributed by atoms with van der Waals surface area (Å²) in [6.07, 6.45) is 3.68. The number of fused-ring (bicyclic) bond motifs is 1. The van der Waals surface area contributed by atoms with Gasteiger partial charge in [0.05, 0.1) is 6.04 Å². The van der Waals surface area contributed by atoms with Gasteiger partial charge in [-0.1, -0.05) is 54.6 Å². The molecule has 0 saturated carbocycles. The van der Waals surface area contributed by atoms with Crippen LogP contribution in [0.4, 0.5) is 5.82 Å². The minimum atomic E-state index is -0.295. The molecule has 5 rings (SSSR count). The lowest BCUT2D eigenvalue weighted by atomic mass is 9.95. The first-order valence-electron chi connectivity index (χ1n) is 10.4. The Labute approximate surface area is 176 Å². The topological polar surface area (TPSA) is 52.2 Å². The molecule has 0 aliphatic carbocycles. The van der Waals surface area contributed by atoms with Crippen molar-refractivity contribution in [1.82, 2.24) is 14.9 Å². The van der Waals surface area contributed by atoms with Crippen LogP contribution in [0.5, 0.6) is 0 Å². The fourth-order valence-electron chi connectivity index (χ4n) is 4.34. The van der Waals surface area contributed by atoms with Crippen LogP contribution in [0.15, 0.2) is 85.2 Å². The van der Waals surface area contributed by atoms with Crippen molar-refractivity contribution in [3.63, 3.8) is 0 Å². The molecule has 150 valence electrons. The highest BCUT2D eigenvalue weighted by molar-refractivity contribution is 6.10. The molecule has 4 aromatic rings. The van der Waals surface area contributed by atoms with Gasteiger partial charge in [-0.3, -0.25) is 9.69 Å². The summed E-state index contributed by atoms with van der Waals surface area (Å²) in [6.45, 7) is 3.32. The van der Waals surface area contributed by atoms with E-state index >= 15 is 0 Å². The lowest BCUT2D eigenvalue weighted by molar-refractivity contribution is 0.0808. The molecular formula is C25H24N4O. The van der Waals surface area contributed by atoms with Crippen molar-refractivity contribution in [3.8, 4) is 0 Å². The SMILES string of the molecule is O=C(c1c[nH]c2ccccc12)[C@@H](c1ccccc1)N1CCN(c2ccccn2)CC1. The van der Waals surface area contributed by atoms with Crippen molar-refractivity contribution >= 4 is 22.5 Å². The van der Waals surface area contributed by atoms with Crippen molar-refractivity contribution < 1.29 is 4.79 Å². The smallest absolute Gasteiger partial charge is 0.186 e. The first-order chi connectivity index (χ1) is 14.8. The van der Waals surface area contributed by atoms with Crippen molar-refractivity contribution in [2.24, 2.45) is 0 Å². The summed E-state index contributed by atoms with van der Waals surface area (Å²) in [7, 11) is 0. The molecule has 2 aromatic carbocycles. The first kappa shape index (κ1) is 18.6. The minimum Gasteiger partial charge on any atom is -0.360 e. The van der Waals surface area contributed by atoms with Crippen LogP contribution >= 0.6 is 0 Å². The molecule has 1 fully saturated rings. The fourth-order valence-corrected chi connectivity index (χ4v) is 4.34. The average Bonchev–Trinajstić information content (AvgIpc) is 3.25. The second-order valence-corrected chi connectivity index (χ2v) is 7.64. The van der Waals surface area contributed by atoms with Gasteiger partial charge in [0, 0.05) is 55.0 Å². The molecule has 5 nitrogen and oxygen atoms in total. The molecule has 0 bridgehead atoms. The Bertz CT molecular complexity index is 1130. The maximum Gasteiger partial charge on any atom is 0.186 e. The number of rotatable bonds is 5. The number of pyridine rings is 1. The summed E-state index contributed by atoms with van der Waals surface area (Å²) < 4.78 is 0. The van der Waals surface area contributed by atoms with E-state index in [1.54, 1.807) is 0 Å². The van der Waals surface area contributed by atoms with E-state index in [0.29, 0.717) is 0 Å². The van der Waals surface area contributed by atoms with Gasteiger partial charge in [-0.2, -0.15) is 0 Å². The summed E-state index contributed by atoms with van der Waals surface area (Å²) in [5, 5.41) is 0.982. The maximum atomic E-state index is 13.8. The van der Waals surface area contributed by atoms with Gasteiger partial charge in [-0.15, -0.1) is 0 Å². The second-order valence-electron chi connectivity index (χ2n) is 7.64. The molecule has 30 heavy (non-hydrogen) atoms. The van der Waals surface area contributed by atoms with Crippen molar-refractivity contribution in [1.29, 1.82) is 0 Å². The number of H-pyrrole nitrogens is 1. The Hall–Kier alpha value is -3.44. The number of nitrogens with zero attached hydrogens (tertiary/aromatic N) is 3. The number of aromatic nitrogens is 2. The van der Waals surface area contributed by atoms with Crippen LogP contribution in [-0.4, -0.2) is 46.8 Å². The number of para-hydroxylation sites is 1. The molecule has 5 heteroatoms. The Morgan fingerprint density at radius 3 is 2.37 bits per heavy atom. The van der Waals surface area contributed by atoms with E-state index in [0.717, 1.165) is 54.0 Å². The number of aromatic amines is 1. The monoisotopic (exact) mass is 396 g/mol. The second kappa shape index (κ2) is 8.13. The van der Waals surface area contributed by atoms with Crippen LogP contribution in [0.3, 0.4) is 0 Å². The van der Waals surface area contributed by atoms with Crippen LogP contribution in [0.1, 0.15) is 22.0 Å². The predicted octanol–water partition coefficient (Wildman–Crippen LogP) is 4.31. The molecule has 3 heterocycles. The Balaban J connectivity index is 1.44. The van der Waals surface area contributed by atoms with Gasteiger partial charge in [0.25, 0.3) is 0 Å². The highest BCUT2D eigenvalue weighted by Gasteiger charge is 2.32. The first-order valence-corrected chi connectivity index (χ1v) is 10.4. The third kappa shape index (κ3) is 3.48. The van der Waals surface area contributed by atoms with E-state index in [-0.39, 0.29) is 11.8 Å². The summed E-state index contributed by atoms with van der Waals surface area (Å²) in [5.41, 5.74) is 2.79. The summed E-state index contributed by atoms with van der Waals surface area (Å²) in [6, 6.07) is 23.8. The summed E-state index contributed by atoms with van der Waals surface area (Å²) in [5.74, 6) is 1.14. The van der Waals surface area contributed by atoms with E-state index in [1.165, 1.54) is 0 Å². The zero-order valence-corrected chi connectivity index (χ0v) is 16.7. The minimum absolute atomic E-state index is 0.143. The molecule has 1 aliphatic rings. The lowest BCUT2D eigenvalue weighted by Gasteiger charge is -2.39. The van der Waals surface area contributed by atoms with E-state index in [9.17, 15) is 4.79 Å². The number of carbonyl (C=O) groups is 1. The molecule has 0 amide bonds. The number of ketones is 1. The molecular weight excluding hydrogens is 372 g/mol. The van der Waals surface area contributed by atoms with Crippen LogP contribution in [0.25, 0.3) is 10.9 Å². The Kier molecular flexibility index (Phi) is 5.03. The molecule has 0 unspecified atom stereocenters. The number of carbonyl (C=O) groups excluding carboxylic acids is 1. The van der Waals surface area contributed by atoms with Crippen LogP contribution in [0, 0.1) is 0 Å². The standard InChI is InChI=1S/C25H24N4O/c30-25(21-18-27-22-11-5-4-10-20(21)22)24(19-8-2-1-3-9-19)29-16-14-28(15-17-29)23-12-6-7-13-26-23/h1-13,18,24,27H,14-17H2/t24-/m1/s1. The fraction of sp³-hybridized carbons (Fsp3) is 0.200. The molecule has 0 radical (unpaired) electrons. The van der Waals surface area contributed by atoms with Gasteiger partial charge >= 0.3 is 0 Å². The summed E-state index contributed by atoms with van der Waals surface area (Å²) in [4.78, 5) is 26.1. The molecule has 1 atom stereocenters. The third-order valence-corrected chi connectivity index (χ3v) is 5.87. The highest BCUT2D eigenvalue weighted by Crippen LogP contribution is 2.30. The molecule has 0 spiro atoms. The van der Waals surface area contributed by atoms with Gasteiger partial charge in [0.2, 0.25) is 0 Å². The lowest BCUT2D eigenvalue weighted by Crippen LogP contribution is -2.49. The van der Waals surface area contributed by atoms with E-state index in [2.05, 4.69) is 31.9 Å². The van der Waals surface area contributed by atoms with Crippen molar-refractivity contribution in [3.05, 3.63) is 96.3 Å². The number of hydrogen-bond acceptors (Lipinski definition) is 4. The van der Waals surface area contributed by atoms with E-state index in [4.69, 9.17) is 0 Å². The van der Waals surface area contributed by atoms with Crippen molar-refractivity contribution in [2.45, 2.75) is 6.04 Å². The number of piperazine rings is 1. The number of nitrogens with one attached hydrogen (secondary N) is 1. The third-order valence-electron chi connectivity index (χ3n) is 5.87. The van der Waals surface area contributed by atoms with Gasteiger partial charge in [0.1, 0.15) is 5.82 Å². The molecule has 2 aromatic heterocycles. The van der Waals surface area contributed by atoms with Crippen LogP contribution < -0.4 is 4.90 Å². The van der Waals surface area contributed by atoms with Gasteiger partial charge in [0.15, 0.2) is 5.78 Å². The zero-order chi connectivity index (χ0) is 20.3. The normalized spacial score (nSPS) is 15.9. The highest BCUT2D eigenvalue weighted by atomic mass is 16.1. The maximum absolute atomic E-state index is 13.8.